The second-order valence-electron chi connectivity index (χ2n) is 2.88. The van der Waals surface area contributed by atoms with E-state index in [0.29, 0.717) is 6.04 Å². The summed E-state index contributed by atoms with van der Waals surface area (Å²) in [5.41, 5.74) is 2.78. The van der Waals surface area contributed by atoms with Crippen LogP contribution in [0.25, 0.3) is 0 Å². The van der Waals surface area contributed by atoms with Gasteiger partial charge in [0.15, 0.2) is 0 Å². The lowest BCUT2D eigenvalue weighted by Gasteiger charge is -2.13. The third-order valence-electron chi connectivity index (χ3n) is 2.02. The largest absolute Gasteiger partial charge is 0.313 e. The summed E-state index contributed by atoms with van der Waals surface area (Å²) in [5.74, 6) is 0. The highest BCUT2D eigenvalue weighted by molar-refractivity contribution is 7.08. The molecule has 0 saturated carbocycles. The van der Waals surface area contributed by atoms with E-state index in [9.17, 15) is 0 Å². The number of rotatable bonds is 4. The van der Waals surface area contributed by atoms with Gasteiger partial charge in [-0.25, -0.2) is 0 Å². The Balaban J connectivity index is 2.78. The van der Waals surface area contributed by atoms with E-state index in [1.54, 1.807) is 11.3 Å². The molecule has 1 rings (SSSR count). The molecule has 1 N–H and O–H groups in total. The van der Waals surface area contributed by atoms with Crippen LogP contribution in [0.1, 0.15) is 23.6 Å². The standard InChI is InChI=1S/C10H15NS/c1-4-5-10(11-3)9-7-12-6-8(9)2/h4,6-7,10-11H,1,5H2,2-3H3. The molecule has 1 aromatic rings. The van der Waals surface area contributed by atoms with E-state index >= 15 is 0 Å². The third-order valence-corrected chi connectivity index (χ3v) is 2.90. The van der Waals surface area contributed by atoms with Crippen molar-refractivity contribution in [1.29, 1.82) is 0 Å². The highest BCUT2D eigenvalue weighted by Crippen LogP contribution is 2.23. The minimum absolute atomic E-state index is 0.439. The van der Waals surface area contributed by atoms with Gasteiger partial charge < -0.3 is 5.32 Å². The fourth-order valence-corrected chi connectivity index (χ4v) is 2.20. The first-order valence-corrected chi connectivity index (χ1v) is 5.04. The van der Waals surface area contributed by atoms with E-state index < -0.39 is 0 Å². The maximum absolute atomic E-state index is 3.75. The zero-order valence-corrected chi connectivity index (χ0v) is 8.45. The molecule has 0 amide bonds. The van der Waals surface area contributed by atoms with E-state index in [1.165, 1.54) is 11.1 Å². The minimum Gasteiger partial charge on any atom is -0.313 e. The molecular formula is C10H15NS. The average Bonchev–Trinajstić information content (AvgIpc) is 2.47. The highest BCUT2D eigenvalue weighted by atomic mass is 32.1. The summed E-state index contributed by atoms with van der Waals surface area (Å²) >= 11 is 1.76. The SMILES string of the molecule is C=CCC(NC)c1cscc1C. The molecule has 0 aliphatic heterocycles. The van der Waals surface area contributed by atoms with Crippen molar-refractivity contribution in [3.8, 4) is 0 Å². The van der Waals surface area contributed by atoms with Gasteiger partial charge in [-0.1, -0.05) is 6.08 Å². The predicted molar refractivity (Wildman–Crippen MR) is 55.7 cm³/mol. The molecule has 0 bridgehead atoms. The first-order chi connectivity index (χ1) is 5.79. The summed E-state index contributed by atoms with van der Waals surface area (Å²) in [7, 11) is 1.99. The van der Waals surface area contributed by atoms with Crippen LogP contribution in [0.2, 0.25) is 0 Å². The Morgan fingerprint density at radius 1 is 1.67 bits per heavy atom. The molecule has 0 aromatic carbocycles. The van der Waals surface area contributed by atoms with Gasteiger partial charge in [0.25, 0.3) is 0 Å². The summed E-state index contributed by atoms with van der Waals surface area (Å²) in [4.78, 5) is 0. The van der Waals surface area contributed by atoms with Gasteiger partial charge in [-0.05, 0) is 42.3 Å². The van der Waals surface area contributed by atoms with Crippen molar-refractivity contribution in [1.82, 2.24) is 5.32 Å². The topological polar surface area (TPSA) is 12.0 Å². The Hall–Kier alpha value is -0.600. The van der Waals surface area contributed by atoms with Gasteiger partial charge in [0.2, 0.25) is 0 Å². The highest BCUT2D eigenvalue weighted by Gasteiger charge is 2.09. The Morgan fingerprint density at radius 3 is 2.83 bits per heavy atom. The zero-order chi connectivity index (χ0) is 8.97. The lowest BCUT2D eigenvalue weighted by atomic mass is 10.0. The van der Waals surface area contributed by atoms with Crippen molar-refractivity contribution in [2.45, 2.75) is 19.4 Å². The van der Waals surface area contributed by atoms with E-state index in [1.807, 2.05) is 13.1 Å². The molecule has 1 unspecified atom stereocenters. The van der Waals surface area contributed by atoms with Gasteiger partial charge in [-0.15, -0.1) is 6.58 Å². The van der Waals surface area contributed by atoms with Crippen LogP contribution in [0.5, 0.6) is 0 Å². The molecule has 12 heavy (non-hydrogen) atoms. The number of aryl methyl sites for hydroxylation is 1. The molecule has 0 saturated heterocycles. The van der Waals surface area contributed by atoms with E-state index in [-0.39, 0.29) is 0 Å². The van der Waals surface area contributed by atoms with Crippen molar-refractivity contribution in [2.24, 2.45) is 0 Å². The quantitative estimate of drug-likeness (QED) is 0.704. The van der Waals surface area contributed by atoms with Crippen LogP contribution < -0.4 is 5.32 Å². The lowest BCUT2D eigenvalue weighted by molar-refractivity contribution is 0.603. The summed E-state index contributed by atoms with van der Waals surface area (Å²) in [6, 6.07) is 0.439. The number of hydrogen-bond acceptors (Lipinski definition) is 2. The molecule has 2 heteroatoms. The normalized spacial score (nSPS) is 12.8. The Bertz CT molecular complexity index is 252. The van der Waals surface area contributed by atoms with Crippen molar-refractivity contribution < 1.29 is 0 Å². The molecular weight excluding hydrogens is 166 g/mol. The minimum atomic E-state index is 0.439. The lowest BCUT2D eigenvalue weighted by Crippen LogP contribution is -2.15. The van der Waals surface area contributed by atoms with Crippen molar-refractivity contribution in [2.75, 3.05) is 7.05 Å². The smallest absolute Gasteiger partial charge is 0.0363 e. The van der Waals surface area contributed by atoms with Crippen LogP contribution in [0.4, 0.5) is 0 Å². The molecule has 0 aliphatic rings. The summed E-state index contributed by atoms with van der Waals surface area (Å²) in [6.07, 6.45) is 2.95. The maximum Gasteiger partial charge on any atom is 0.0363 e. The van der Waals surface area contributed by atoms with Gasteiger partial charge in [0, 0.05) is 6.04 Å². The van der Waals surface area contributed by atoms with Crippen LogP contribution in [0, 0.1) is 6.92 Å². The second-order valence-corrected chi connectivity index (χ2v) is 3.62. The zero-order valence-electron chi connectivity index (χ0n) is 7.63. The third kappa shape index (κ3) is 1.96. The van der Waals surface area contributed by atoms with Crippen LogP contribution in [0.15, 0.2) is 23.4 Å². The van der Waals surface area contributed by atoms with Crippen molar-refractivity contribution >= 4 is 11.3 Å². The van der Waals surface area contributed by atoms with E-state index in [4.69, 9.17) is 0 Å². The molecule has 1 atom stereocenters. The van der Waals surface area contributed by atoms with Crippen LogP contribution in [0.3, 0.4) is 0 Å². The maximum atomic E-state index is 3.75. The molecule has 0 fully saturated rings. The first kappa shape index (κ1) is 9.49. The number of hydrogen-bond donors (Lipinski definition) is 1. The molecule has 66 valence electrons. The average molecular weight is 181 g/mol. The van der Waals surface area contributed by atoms with E-state index in [2.05, 4.69) is 29.6 Å². The number of thiophene rings is 1. The van der Waals surface area contributed by atoms with Gasteiger partial charge in [-0.3, -0.25) is 0 Å². The van der Waals surface area contributed by atoms with Gasteiger partial charge in [0.05, 0.1) is 0 Å². The van der Waals surface area contributed by atoms with Gasteiger partial charge >= 0.3 is 0 Å². The summed E-state index contributed by atoms with van der Waals surface area (Å²) < 4.78 is 0. The molecule has 0 spiro atoms. The molecule has 0 aliphatic carbocycles. The predicted octanol–water partition coefficient (Wildman–Crippen LogP) is 2.89. The second kappa shape index (κ2) is 4.43. The van der Waals surface area contributed by atoms with Crippen LogP contribution >= 0.6 is 11.3 Å². The van der Waals surface area contributed by atoms with E-state index in [0.717, 1.165) is 6.42 Å². The monoisotopic (exact) mass is 181 g/mol. The molecule has 0 radical (unpaired) electrons. The molecule has 1 aromatic heterocycles. The van der Waals surface area contributed by atoms with Crippen LogP contribution in [-0.4, -0.2) is 7.05 Å². The number of nitrogens with one attached hydrogen (secondary N) is 1. The Morgan fingerprint density at radius 2 is 2.42 bits per heavy atom. The first-order valence-electron chi connectivity index (χ1n) is 4.10. The summed E-state index contributed by atoms with van der Waals surface area (Å²) in [6.45, 7) is 5.90. The van der Waals surface area contributed by atoms with Gasteiger partial charge in [0.1, 0.15) is 0 Å². The summed E-state index contributed by atoms with van der Waals surface area (Å²) in [5, 5.41) is 7.67. The Labute approximate surface area is 78.1 Å². The fraction of sp³-hybridized carbons (Fsp3) is 0.400. The van der Waals surface area contributed by atoms with Crippen molar-refractivity contribution in [3.63, 3.8) is 0 Å². The van der Waals surface area contributed by atoms with Crippen molar-refractivity contribution in [3.05, 3.63) is 34.5 Å². The van der Waals surface area contributed by atoms with Gasteiger partial charge in [-0.2, -0.15) is 11.3 Å². The fourth-order valence-electron chi connectivity index (χ4n) is 1.29. The molecule has 1 nitrogen and oxygen atoms in total. The Kier molecular flexibility index (Phi) is 3.50. The molecule has 1 heterocycles. The van der Waals surface area contributed by atoms with Crippen LogP contribution in [-0.2, 0) is 0 Å².